The molecule has 0 saturated heterocycles. The van der Waals surface area contributed by atoms with Crippen molar-refractivity contribution in [1.82, 2.24) is 10.7 Å². The molecular weight excluding hydrogens is 383 g/mol. The maximum Gasteiger partial charge on any atom is 0.313 e. The topological polar surface area (TPSA) is 113 Å². The molecular formula is C16H14Cl2N4O4. The number of furan rings is 1. The molecule has 3 N–H and O–H groups in total. The third kappa shape index (κ3) is 5.91. The molecule has 2 aromatic rings. The lowest BCUT2D eigenvalue weighted by atomic mass is 10.3. The van der Waals surface area contributed by atoms with Crippen LogP contribution in [-0.2, 0) is 20.9 Å². The fourth-order valence-corrected chi connectivity index (χ4v) is 2.05. The van der Waals surface area contributed by atoms with Gasteiger partial charge < -0.3 is 15.1 Å². The molecule has 0 aliphatic heterocycles. The van der Waals surface area contributed by atoms with Crippen LogP contribution in [0.5, 0.6) is 0 Å². The van der Waals surface area contributed by atoms with Crippen molar-refractivity contribution < 1.29 is 18.8 Å². The lowest BCUT2D eigenvalue weighted by Crippen LogP contribution is -2.34. The predicted octanol–water partition coefficient (Wildman–Crippen LogP) is 2.31. The van der Waals surface area contributed by atoms with E-state index in [0.29, 0.717) is 22.2 Å². The highest BCUT2D eigenvalue weighted by molar-refractivity contribution is 6.42. The van der Waals surface area contributed by atoms with Crippen molar-refractivity contribution in [2.24, 2.45) is 5.10 Å². The van der Waals surface area contributed by atoms with Crippen LogP contribution in [0.15, 0.2) is 39.9 Å². The van der Waals surface area contributed by atoms with Gasteiger partial charge in [0.1, 0.15) is 11.5 Å². The summed E-state index contributed by atoms with van der Waals surface area (Å²) >= 11 is 11.6. The summed E-state index contributed by atoms with van der Waals surface area (Å²) < 4.78 is 5.36. The molecule has 26 heavy (non-hydrogen) atoms. The lowest BCUT2D eigenvalue weighted by molar-refractivity contribution is -0.136. The highest BCUT2D eigenvalue weighted by Gasteiger charge is 2.14. The molecule has 0 aliphatic rings. The molecule has 0 unspecified atom stereocenters. The van der Waals surface area contributed by atoms with Gasteiger partial charge >= 0.3 is 11.8 Å². The molecule has 10 heteroatoms. The van der Waals surface area contributed by atoms with E-state index in [1.807, 2.05) is 0 Å². The number of carbonyl (C=O) groups is 3. The smallest absolute Gasteiger partial charge is 0.313 e. The van der Waals surface area contributed by atoms with Crippen molar-refractivity contribution in [3.63, 3.8) is 0 Å². The fraction of sp³-hybridized carbons (Fsp3) is 0.125. The van der Waals surface area contributed by atoms with Crippen molar-refractivity contribution in [1.29, 1.82) is 0 Å². The summed E-state index contributed by atoms with van der Waals surface area (Å²) in [6.45, 7) is 1.32. The van der Waals surface area contributed by atoms with Crippen LogP contribution in [0.2, 0.25) is 10.0 Å². The number of carbonyl (C=O) groups excluding carboxylic acids is 3. The number of benzene rings is 1. The van der Waals surface area contributed by atoms with Crippen LogP contribution in [0.3, 0.4) is 0 Å². The maximum atomic E-state index is 11.8. The van der Waals surface area contributed by atoms with Gasteiger partial charge in [0.25, 0.3) is 0 Å². The Bertz CT molecular complexity index is 864. The molecule has 2 rings (SSSR count). The minimum absolute atomic E-state index is 0.00159. The van der Waals surface area contributed by atoms with Crippen LogP contribution >= 0.6 is 23.2 Å². The summed E-state index contributed by atoms with van der Waals surface area (Å²) in [4.78, 5) is 34.4. The number of hydrazone groups is 1. The van der Waals surface area contributed by atoms with E-state index in [1.54, 1.807) is 12.1 Å². The number of rotatable bonds is 5. The molecule has 0 saturated carbocycles. The Balaban J connectivity index is 1.85. The number of hydrogen-bond acceptors (Lipinski definition) is 5. The van der Waals surface area contributed by atoms with Crippen LogP contribution in [0.1, 0.15) is 18.4 Å². The molecule has 0 atom stereocenters. The number of halogens is 2. The van der Waals surface area contributed by atoms with E-state index in [2.05, 4.69) is 21.2 Å². The average Bonchev–Trinajstić information content (AvgIpc) is 3.03. The van der Waals surface area contributed by atoms with Gasteiger partial charge in [0.05, 0.1) is 22.8 Å². The molecule has 0 radical (unpaired) electrons. The third-order valence-electron chi connectivity index (χ3n) is 2.90. The summed E-state index contributed by atoms with van der Waals surface area (Å²) in [5, 5.41) is 9.06. The number of anilines is 1. The normalized spacial score (nSPS) is 10.6. The highest BCUT2D eigenvalue weighted by Crippen LogP contribution is 2.24. The van der Waals surface area contributed by atoms with Gasteiger partial charge in [-0.15, -0.1) is 0 Å². The van der Waals surface area contributed by atoms with Gasteiger partial charge in [0, 0.05) is 12.6 Å². The lowest BCUT2D eigenvalue weighted by Gasteiger charge is -2.06. The first-order valence-electron chi connectivity index (χ1n) is 7.27. The Labute approximate surface area is 158 Å². The van der Waals surface area contributed by atoms with Crippen molar-refractivity contribution in [3.8, 4) is 0 Å². The molecule has 0 bridgehead atoms. The van der Waals surface area contributed by atoms with Gasteiger partial charge in [-0.25, -0.2) is 5.43 Å². The monoisotopic (exact) mass is 396 g/mol. The Morgan fingerprint density at radius 3 is 2.58 bits per heavy atom. The van der Waals surface area contributed by atoms with Gasteiger partial charge in [-0.1, -0.05) is 23.2 Å². The highest BCUT2D eigenvalue weighted by atomic mass is 35.5. The zero-order valence-electron chi connectivity index (χ0n) is 13.5. The summed E-state index contributed by atoms with van der Waals surface area (Å²) in [6, 6.07) is 7.66. The van der Waals surface area contributed by atoms with Crippen LogP contribution in [0.25, 0.3) is 0 Å². The molecule has 1 aromatic carbocycles. The summed E-state index contributed by atoms with van der Waals surface area (Å²) in [7, 11) is 0. The largest absolute Gasteiger partial charge is 0.458 e. The molecule has 0 spiro atoms. The number of amides is 3. The van der Waals surface area contributed by atoms with Crippen LogP contribution in [0.4, 0.5) is 5.69 Å². The second-order valence-corrected chi connectivity index (χ2v) is 5.81. The maximum absolute atomic E-state index is 11.8. The SMILES string of the molecule is CC(=O)N/N=C\c1ccc(CNC(=O)C(=O)Nc2ccc(Cl)c(Cl)c2)o1. The number of nitrogens with zero attached hydrogens (tertiary/aromatic N) is 1. The number of hydrogen-bond donors (Lipinski definition) is 3. The summed E-state index contributed by atoms with van der Waals surface area (Å²) in [5.74, 6) is -1.23. The van der Waals surface area contributed by atoms with Gasteiger partial charge in [-0.2, -0.15) is 5.10 Å². The number of nitrogens with one attached hydrogen (secondary N) is 3. The first kappa shape index (κ1) is 19.5. The summed E-state index contributed by atoms with van der Waals surface area (Å²) in [5.41, 5.74) is 2.57. The minimum atomic E-state index is -0.859. The molecule has 1 aromatic heterocycles. The van der Waals surface area contributed by atoms with Crippen molar-refractivity contribution in [2.45, 2.75) is 13.5 Å². The van der Waals surface area contributed by atoms with Gasteiger partial charge in [-0.3, -0.25) is 14.4 Å². The predicted molar refractivity (Wildman–Crippen MR) is 97.1 cm³/mol. The fourth-order valence-electron chi connectivity index (χ4n) is 1.76. The molecule has 0 aliphatic carbocycles. The van der Waals surface area contributed by atoms with Crippen molar-refractivity contribution in [2.75, 3.05) is 5.32 Å². The zero-order chi connectivity index (χ0) is 19.1. The van der Waals surface area contributed by atoms with E-state index in [9.17, 15) is 14.4 Å². The van der Waals surface area contributed by atoms with Gasteiger partial charge in [-0.05, 0) is 30.3 Å². The summed E-state index contributed by atoms with van der Waals surface area (Å²) in [6.07, 6.45) is 1.31. The second kappa shape index (κ2) is 9.02. The molecule has 3 amide bonds. The Hall–Kier alpha value is -2.84. The van der Waals surface area contributed by atoms with E-state index in [4.69, 9.17) is 27.6 Å². The minimum Gasteiger partial charge on any atom is -0.458 e. The van der Waals surface area contributed by atoms with E-state index in [-0.39, 0.29) is 17.5 Å². The van der Waals surface area contributed by atoms with Crippen LogP contribution < -0.4 is 16.1 Å². The van der Waals surface area contributed by atoms with Crippen LogP contribution in [0, 0.1) is 0 Å². The van der Waals surface area contributed by atoms with Gasteiger partial charge in [0.2, 0.25) is 5.91 Å². The van der Waals surface area contributed by atoms with Gasteiger partial charge in [0.15, 0.2) is 0 Å². The van der Waals surface area contributed by atoms with E-state index >= 15 is 0 Å². The Kier molecular flexibility index (Phi) is 6.76. The van der Waals surface area contributed by atoms with Crippen molar-refractivity contribution in [3.05, 3.63) is 51.9 Å². The quantitative estimate of drug-likeness (QED) is 0.408. The molecule has 1 heterocycles. The Morgan fingerprint density at radius 1 is 1.12 bits per heavy atom. The Morgan fingerprint density at radius 2 is 1.88 bits per heavy atom. The molecule has 8 nitrogen and oxygen atoms in total. The van der Waals surface area contributed by atoms with E-state index in [0.717, 1.165) is 0 Å². The first-order chi connectivity index (χ1) is 12.3. The first-order valence-corrected chi connectivity index (χ1v) is 8.03. The van der Waals surface area contributed by atoms with Crippen molar-refractivity contribution >= 4 is 52.8 Å². The molecule has 0 fully saturated rings. The molecule has 136 valence electrons. The van der Waals surface area contributed by atoms with E-state index < -0.39 is 11.8 Å². The standard InChI is InChI=1S/C16H14Cl2N4O4/c1-9(23)22-20-8-12-4-3-11(26-12)7-19-15(24)16(25)21-10-2-5-13(17)14(18)6-10/h2-6,8H,7H2,1H3,(H,19,24)(H,21,25)(H,22,23)/b20-8-. The second-order valence-electron chi connectivity index (χ2n) is 5.00. The average molecular weight is 397 g/mol. The van der Waals surface area contributed by atoms with Crippen LogP contribution in [-0.4, -0.2) is 23.9 Å². The van der Waals surface area contributed by atoms with E-state index in [1.165, 1.54) is 31.3 Å². The zero-order valence-corrected chi connectivity index (χ0v) is 15.0. The third-order valence-corrected chi connectivity index (χ3v) is 3.64.